The van der Waals surface area contributed by atoms with E-state index < -0.39 is 17.4 Å². The zero-order valence-electron chi connectivity index (χ0n) is 10.4. The van der Waals surface area contributed by atoms with E-state index in [1.807, 2.05) is 13.8 Å². The Balaban J connectivity index is 5.07. The molecule has 1 unspecified atom stereocenters. The molecule has 0 aliphatic carbocycles. The highest BCUT2D eigenvalue weighted by Gasteiger charge is 2.45. The highest BCUT2D eigenvalue weighted by atomic mass is 16.5. The smallest absolute Gasteiger partial charge is 0.323 e. The highest BCUT2D eigenvalue weighted by molar-refractivity contribution is 5.99. The Morgan fingerprint density at radius 1 is 1.31 bits per heavy atom. The van der Waals surface area contributed by atoms with Crippen molar-refractivity contribution in [3.05, 3.63) is 11.6 Å². The molecule has 0 aliphatic heterocycles. The lowest BCUT2D eigenvalue weighted by molar-refractivity contribution is -0.168. The minimum atomic E-state index is -1.44. The summed E-state index contributed by atoms with van der Waals surface area (Å²) in [5, 5.41) is 9.20. The molecule has 0 fully saturated rings. The number of carbonyl (C=O) groups excluding carboxylic acids is 1. The maximum atomic E-state index is 11.7. The zero-order chi connectivity index (χ0) is 12.8. The third-order valence-electron chi connectivity index (χ3n) is 2.54. The summed E-state index contributed by atoms with van der Waals surface area (Å²) in [7, 11) is 0. The van der Waals surface area contributed by atoms with Gasteiger partial charge in [0.25, 0.3) is 0 Å². The first kappa shape index (κ1) is 14.7. The maximum absolute atomic E-state index is 11.7. The van der Waals surface area contributed by atoms with Gasteiger partial charge in [-0.05, 0) is 33.6 Å². The molecule has 0 saturated heterocycles. The van der Waals surface area contributed by atoms with Gasteiger partial charge in [-0.1, -0.05) is 18.6 Å². The van der Waals surface area contributed by atoms with E-state index in [1.54, 1.807) is 19.9 Å². The number of carbonyl (C=O) groups is 2. The van der Waals surface area contributed by atoms with E-state index in [0.29, 0.717) is 0 Å². The van der Waals surface area contributed by atoms with Crippen molar-refractivity contribution in [2.75, 3.05) is 6.61 Å². The Hall–Kier alpha value is -1.32. The quantitative estimate of drug-likeness (QED) is 0.430. The number of hydrogen-bond donors (Lipinski definition) is 1. The van der Waals surface area contributed by atoms with E-state index >= 15 is 0 Å². The summed E-state index contributed by atoms with van der Waals surface area (Å²) in [5.74, 6) is -1.77. The molecule has 0 spiro atoms. The normalized spacial score (nSPS) is 13.8. The molecular weight excluding hydrogens is 208 g/mol. The highest BCUT2D eigenvalue weighted by Crippen LogP contribution is 2.30. The first-order valence-corrected chi connectivity index (χ1v) is 5.44. The van der Waals surface area contributed by atoms with Gasteiger partial charge in [0.15, 0.2) is 5.41 Å². The molecule has 0 aromatic carbocycles. The van der Waals surface area contributed by atoms with Gasteiger partial charge in [-0.3, -0.25) is 9.59 Å². The van der Waals surface area contributed by atoms with Crippen molar-refractivity contribution in [3.63, 3.8) is 0 Å². The summed E-state index contributed by atoms with van der Waals surface area (Å²) in [6, 6.07) is 0. The number of allylic oxidation sites excluding steroid dienone is 2. The van der Waals surface area contributed by atoms with Gasteiger partial charge in [-0.15, -0.1) is 0 Å². The van der Waals surface area contributed by atoms with E-state index in [-0.39, 0.29) is 19.4 Å². The van der Waals surface area contributed by atoms with E-state index in [9.17, 15) is 14.7 Å². The number of carboxylic acids is 1. The second-order valence-corrected chi connectivity index (χ2v) is 3.95. The summed E-state index contributed by atoms with van der Waals surface area (Å²) in [6.45, 7) is 7.29. The minimum absolute atomic E-state index is 0.181. The predicted octanol–water partition coefficient (Wildman–Crippen LogP) is 2.39. The molecule has 1 N–H and O–H groups in total. The molecule has 0 aromatic rings. The van der Waals surface area contributed by atoms with Crippen LogP contribution in [0.4, 0.5) is 0 Å². The predicted molar refractivity (Wildman–Crippen MR) is 61.0 cm³/mol. The van der Waals surface area contributed by atoms with Crippen LogP contribution >= 0.6 is 0 Å². The standard InChI is InChI=1S/C12H20O4/c1-5-12(10(13)14,8-7-9(3)4)11(15)16-6-2/h7H,5-6,8H2,1-4H3,(H,13,14). The van der Waals surface area contributed by atoms with Crippen LogP contribution < -0.4 is 0 Å². The van der Waals surface area contributed by atoms with Gasteiger partial charge < -0.3 is 9.84 Å². The summed E-state index contributed by atoms with van der Waals surface area (Å²) in [5.41, 5.74) is -0.448. The number of ether oxygens (including phenoxy) is 1. The fourth-order valence-electron chi connectivity index (χ4n) is 1.35. The van der Waals surface area contributed by atoms with E-state index in [2.05, 4.69) is 0 Å². The maximum Gasteiger partial charge on any atom is 0.323 e. The van der Waals surface area contributed by atoms with Crippen molar-refractivity contribution in [2.24, 2.45) is 5.41 Å². The van der Waals surface area contributed by atoms with E-state index in [0.717, 1.165) is 5.57 Å². The van der Waals surface area contributed by atoms with Crippen LogP contribution in [0.15, 0.2) is 11.6 Å². The molecular formula is C12H20O4. The molecule has 16 heavy (non-hydrogen) atoms. The largest absolute Gasteiger partial charge is 0.480 e. The summed E-state index contributed by atoms with van der Waals surface area (Å²) >= 11 is 0. The Labute approximate surface area is 96.3 Å². The number of hydrogen-bond acceptors (Lipinski definition) is 3. The summed E-state index contributed by atoms with van der Waals surface area (Å²) in [4.78, 5) is 23.0. The lowest BCUT2D eigenvalue weighted by Gasteiger charge is -2.24. The average molecular weight is 228 g/mol. The van der Waals surface area contributed by atoms with Crippen molar-refractivity contribution in [2.45, 2.75) is 40.5 Å². The first-order valence-electron chi connectivity index (χ1n) is 5.44. The zero-order valence-corrected chi connectivity index (χ0v) is 10.4. The van der Waals surface area contributed by atoms with Crippen LogP contribution in [-0.2, 0) is 14.3 Å². The fraction of sp³-hybridized carbons (Fsp3) is 0.667. The van der Waals surface area contributed by atoms with Gasteiger partial charge in [0.05, 0.1) is 6.61 Å². The van der Waals surface area contributed by atoms with E-state index in [1.165, 1.54) is 0 Å². The van der Waals surface area contributed by atoms with Crippen LogP contribution in [0.3, 0.4) is 0 Å². The van der Waals surface area contributed by atoms with Gasteiger partial charge in [0.2, 0.25) is 0 Å². The van der Waals surface area contributed by atoms with Crippen molar-refractivity contribution >= 4 is 11.9 Å². The van der Waals surface area contributed by atoms with Crippen molar-refractivity contribution in [3.8, 4) is 0 Å². The lowest BCUT2D eigenvalue weighted by Crippen LogP contribution is -2.40. The van der Waals surface area contributed by atoms with Gasteiger partial charge in [-0.2, -0.15) is 0 Å². The summed E-state index contributed by atoms with van der Waals surface area (Å²) in [6.07, 6.45) is 2.17. The Morgan fingerprint density at radius 2 is 1.88 bits per heavy atom. The first-order chi connectivity index (χ1) is 7.40. The van der Waals surface area contributed by atoms with Crippen LogP contribution in [0.5, 0.6) is 0 Å². The lowest BCUT2D eigenvalue weighted by atomic mass is 9.81. The molecule has 0 aromatic heterocycles. The van der Waals surface area contributed by atoms with Crippen LogP contribution in [0, 0.1) is 5.41 Å². The Bertz CT molecular complexity index is 289. The van der Waals surface area contributed by atoms with Crippen molar-refractivity contribution in [1.29, 1.82) is 0 Å². The van der Waals surface area contributed by atoms with Crippen molar-refractivity contribution < 1.29 is 19.4 Å². The molecule has 4 nitrogen and oxygen atoms in total. The summed E-state index contributed by atoms with van der Waals surface area (Å²) < 4.78 is 4.84. The molecule has 0 heterocycles. The van der Waals surface area contributed by atoms with Crippen LogP contribution in [0.1, 0.15) is 40.5 Å². The topological polar surface area (TPSA) is 63.6 Å². The molecule has 0 amide bonds. The fourth-order valence-corrected chi connectivity index (χ4v) is 1.35. The monoisotopic (exact) mass is 228 g/mol. The molecule has 0 saturated carbocycles. The molecule has 0 bridgehead atoms. The van der Waals surface area contributed by atoms with Gasteiger partial charge in [0.1, 0.15) is 0 Å². The Kier molecular flexibility index (Phi) is 5.78. The number of aliphatic carboxylic acids is 1. The number of esters is 1. The van der Waals surface area contributed by atoms with Crippen LogP contribution in [0.25, 0.3) is 0 Å². The van der Waals surface area contributed by atoms with Crippen LogP contribution in [-0.4, -0.2) is 23.7 Å². The number of carboxylic acid groups (broad SMARTS) is 1. The minimum Gasteiger partial charge on any atom is -0.480 e. The number of rotatable bonds is 6. The van der Waals surface area contributed by atoms with Gasteiger partial charge in [0, 0.05) is 0 Å². The SMILES string of the molecule is CCOC(=O)C(CC)(CC=C(C)C)C(=O)O. The third kappa shape index (κ3) is 3.36. The molecule has 4 heteroatoms. The second-order valence-electron chi connectivity index (χ2n) is 3.95. The second kappa shape index (κ2) is 6.30. The van der Waals surface area contributed by atoms with Crippen LogP contribution in [0.2, 0.25) is 0 Å². The average Bonchev–Trinajstić information content (AvgIpc) is 2.18. The van der Waals surface area contributed by atoms with Gasteiger partial charge in [-0.25, -0.2) is 0 Å². The molecule has 0 aliphatic rings. The molecule has 92 valence electrons. The van der Waals surface area contributed by atoms with Crippen molar-refractivity contribution in [1.82, 2.24) is 0 Å². The molecule has 0 rings (SSSR count). The molecule has 0 radical (unpaired) electrons. The van der Waals surface area contributed by atoms with E-state index in [4.69, 9.17) is 4.74 Å². The molecule has 1 atom stereocenters. The third-order valence-corrected chi connectivity index (χ3v) is 2.54. The Morgan fingerprint density at radius 3 is 2.19 bits per heavy atom. The van der Waals surface area contributed by atoms with Gasteiger partial charge >= 0.3 is 11.9 Å².